The van der Waals surface area contributed by atoms with Crippen LogP contribution in [0.1, 0.15) is 27.3 Å². The molecule has 1 amide bonds. The number of carbonyl (C=O) groups is 1. The van der Waals surface area contributed by atoms with E-state index >= 15 is 0 Å². The minimum Gasteiger partial charge on any atom is -0.497 e. The lowest BCUT2D eigenvalue weighted by atomic mass is 10.1. The van der Waals surface area contributed by atoms with E-state index in [2.05, 4.69) is 30.7 Å². The zero-order valence-electron chi connectivity index (χ0n) is 24.0. The van der Waals surface area contributed by atoms with Gasteiger partial charge in [0.1, 0.15) is 52.7 Å². The van der Waals surface area contributed by atoms with Crippen molar-refractivity contribution in [2.75, 3.05) is 19.5 Å². The Bertz CT molecular complexity index is 1770. The topological polar surface area (TPSA) is 168 Å². The van der Waals surface area contributed by atoms with Crippen LogP contribution in [0.5, 0.6) is 23.3 Å². The predicted octanol–water partition coefficient (Wildman–Crippen LogP) is 3.94. The summed E-state index contributed by atoms with van der Waals surface area (Å²) in [6.07, 6.45) is 1.43. The van der Waals surface area contributed by atoms with E-state index in [4.69, 9.17) is 18.9 Å². The number of nitrogens with one attached hydrogen (secondary N) is 2. The highest BCUT2D eigenvalue weighted by Crippen LogP contribution is 2.30. The standard InChI is InChI=1S/C30H27FN6O7S/c1-41-21-8-3-18(4-9-21)15-43-29-27(28(38)33-20-7-12-23(24(31)13-20)25-14-32-37-36-25)30(35-26(34-29)17-45(39)40)44-16-19-5-10-22(42-2)11-6-19/h3-14,45H,15-17H2,1-2H3,(H,33,38)(H,32,36,37). The van der Waals surface area contributed by atoms with E-state index in [1.807, 2.05) is 0 Å². The smallest absolute Gasteiger partial charge is 0.266 e. The first-order chi connectivity index (χ1) is 21.8. The van der Waals surface area contributed by atoms with Crippen LogP contribution in [0.15, 0.2) is 72.9 Å². The number of aromatic nitrogens is 5. The summed E-state index contributed by atoms with van der Waals surface area (Å²) < 4.78 is 60.4. The Balaban J connectivity index is 1.50. The van der Waals surface area contributed by atoms with Crippen LogP contribution < -0.4 is 24.3 Å². The lowest BCUT2D eigenvalue weighted by Gasteiger charge is -2.16. The number of amides is 1. The van der Waals surface area contributed by atoms with E-state index in [-0.39, 0.29) is 53.3 Å². The SMILES string of the molecule is COc1ccc(COc2nc(C[SH](=O)=O)nc(OCc3ccc(OC)cc3)c2C(=O)Nc2ccc(-c3c[nH]nn3)c(F)c2)cc1. The number of rotatable bonds is 13. The zero-order chi connectivity index (χ0) is 31.8. The quantitative estimate of drug-likeness (QED) is 0.161. The third kappa shape index (κ3) is 7.88. The summed E-state index contributed by atoms with van der Waals surface area (Å²) in [4.78, 5) is 22.2. The number of thiol groups is 1. The molecule has 0 aliphatic heterocycles. The van der Waals surface area contributed by atoms with Gasteiger partial charge in [-0.3, -0.25) is 9.89 Å². The van der Waals surface area contributed by atoms with E-state index in [9.17, 15) is 17.6 Å². The molecule has 5 aromatic rings. The predicted molar refractivity (Wildman–Crippen MR) is 160 cm³/mol. The molecule has 3 aromatic carbocycles. The number of nitrogens with zero attached hydrogens (tertiary/aromatic N) is 4. The Kier molecular flexibility index (Phi) is 9.79. The van der Waals surface area contributed by atoms with Crippen LogP contribution in [-0.4, -0.2) is 53.9 Å². The molecular formula is C30H27FN6O7S. The van der Waals surface area contributed by atoms with Crippen molar-refractivity contribution in [1.82, 2.24) is 25.4 Å². The summed E-state index contributed by atoms with van der Waals surface area (Å²) in [7, 11) is 0.161. The molecule has 13 nitrogen and oxygen atoms in total. The first kappa shape index (κ1) is 30.9. The second kappa shape index (κ2) is 14.3. The number of halogens is 1. The van der Waals surface area contributed by atoms with Gasteiger partial charge in [0.2, 0.25) is 11.8 Å². The Hall–Kier alpha value is -5.57. The number of carbonyl (C=O) groups excluding carboxylic acids is 1. The van der Waals surface area contributed by atoms with E-state index in [1.54, 1.807) is 62.8 Å². The molecule has 0 saturated carbocycles. The molecule has 0 fully saturated rings. The number of benzene rings is 3. The Morgan fingerprint density at radius 2 is 1.44 bits per heavy atom. The van der Waals surface area contributed by atoms with Gasteiger partial charge in [-0.25, -0.2) is 12.8 Å². The highest BCUT2D eigenvalue weighted by atomic mass is 32.2. The molecule has 0 aliphatic rings. The molecule has 0 spiro atoms. The number of ether oxygens (including phenoxy) is 4. The fourth-order valence-electron chi connectivity index (χ4n) is 4.13. The third-order valence-electron chi connectivity index (χ3n) is 6.38. The Morgan fingerprint density at radius 3 is 1.91 bits per heavy atom. The molecule has 5 rings (SSSR count). The highest BCUT2D eigenvalue weighted by Gasteiger charge is 2.25. The lowest BCUT2D eigenvalue weighted by Crippen LogP contribution is -2.19. The molecule has 0 radical (unpaired) electrons. The van der Waals surface area contributed by atoms with Crippen molar-refractivity contribution in [3.05, 3.63) is 101 Å². The molecular weight excluding hydrogens is 607 g/mol. The molecule has 232 valence electrons. The molecule has 45 heavy (non-hydrogen) atoms. The van der Waals surface area contributed by atoms with Crippen LogP contribution in [0.4, 0.5) is 10.1 Å². The van der Waals surface area contributed by atoms with E-state index < -0.39 is 28.2 Å². The summed E-state index contributed by atoms with van der Waals surface area (Å²) in [5.41, 5.74) is 1.77. The van der Waals surface area contributed by atoms with Gasteiger partial charge in [0.05, 0.1) is 20.4 Å². The van der Waals surface area contributed by atoms with Crippen molar-refractivity contribution >= 4 is 22.3 Å². The van der Waals surface area contributed by atoms with Gasteiger partial charge in [-0.15, -0.1) is 5.10 Å². The van der Waals surface area contributed by atoms with Crippen LogP contribution in [-0.2, 0) is 29.7 Å². The van der Waals surface area contributed by atoms with Gasteiger partial charge in [0.25, 0.3) is 5.91 Å². The molecule has 0 atom stereocenters. The molecule has 2 N–H and O–H groups in total. The molecule has 2 heterocycles. The monoisotopic (exact) mass is 634 g/mol. The van der Waals surface area contributed by atoms with Crippen LogP contribution in [0.2, 0.25) is 0 Å². The summed E-state index contributed by atoms with van der Waals surface area (Å²) in [5.74, 6) is -1.28. The maximum absolute atomic E-state index is 14.9. The van der Waals surface area contributed by atoms with Gasteiger partial charge in [0.15, 0.2) is 11.4 Å². The largest absolute Gasteiger partial charge is 0.497 e. The summed E-state index contributed by atoms with van der Waals surface area (Å²) in [5, 5.41) is 12.5. The fourth-order valence-corrected chi connectivity index (χ4v) is 4.50. The molecule has 0 unspecified atom stereocenters. The molecule has 0 saturated heterocycles. The fraction of sp³-hybridized carbons (Fsp3) is 0.167. The third-order valence-corrected chi connectivity index (χ3v) is 6.92. The lowest BCUT2D eigenvalue weighted by molar-refractivity contribution is 0.101. The maximum atomic E-state index is 14.9. The van der Waals surface area contributed by atoms with Crippen molar-refractivity contribution in [1.29, 1.82) is 0 Å². The van der Waals surface area contributed by atoms with Gasteiger partial charge in [-0.1, -0.05) is 29.5 Å². The molecule has 15 heteroatoms. The summed E-state index contributed by atoms with van der Waals surface area (Å²) in [6, 6.07) is 18.0. The number of hydrogen-bond donors (Lipinski definition) is 3. The van der Waals surface area contributed by atoms with Gasteiger partial charge in [-0.2, -0.15) is 9.97 Å². The summed E-state index contributed by atoms with van der Waals surface area (Å²) >= 11 is 0. The number of methoxy groups -OCH3 is 2. The number of H-pyrrole nitrogens is 1. The minimum atomic E-state index is -2.92. The van der Waals surface area contributed by atoms with Crippen molar-refractivity contribution in [2.45, 2.75) is 19.0 Å². The van der Waals surface area contributed by atoms with Crippen molar-refractivity contribution in [3.8, 4) is 34.5 Å². The average Bonchev–Trinajstić information content (AvgIpc) is 3.57. The summed E-state index contributed by atoms with van der Waals surface area (Å²) in [6.45, 7) is -0.0770. The maximum Gasteiger partial charge on any atom is 0.266 e. The van der Waals surface area contributed by atoms with Crippen LogP contribution >= 0.6 is 0 Å². The molecule has 0 aliphatic carbocycles. The van der Waals surface area contributed by atoms with Gasteiger partial charge in [0, 0.05) is 11.3 Å². The van der Waals surface area contributed by atoms with Crippen LogP contribution in [0.3, 0.4) is 0 Å². The van der Waals surface area contributed by atoms with E-state index in [0.717, 1.165) is 6.07 Å². The van der Waals surface area contributed by atoms with E-state index in [1.165, 1.54) is 18.3 Å². The second-order valence-corrected chi connectivity index (χ2v) is 10.4. The van der Waals surface area contributed by atoms with Crippen molar-refractivity contribution in [2.24, 2.45) is 0 Å². The molecule has 0 bridgehead atoms. The number of anilines is 1. The number of aromatic amines is 1. The minimum absolute atomic E-state index is 0.0385. The highest BCUT2D eigenvalue weighted by molar-refractivity contribution is 7.71. The van der Waals surface area contributed by atoms with Crippen molar-refractivity contribution in [3.63, 3.8) is 0 Å². The molecule has 2 aromatic heterocycles. The van der Waals surface area contributed by atoms with Crippen molar-refractivity contribution < 1.29 is 36.6 Å². The van der Waals surface area contributed by atoms with Gasteiger partial charge < -0.3 is 24.3 Å². The first-order valence-electron chi connectivity index (χ1n) is 13.3. The first-order valence-corrected chi connectivity index (χ1v) is 14.7. The normalized spacial score (nSPS) is 10.8. The Labute approximate surface area is 258 Å². The van der Waals surface area contributed by atoms with Gasteiger partial charge >= 0.3 is 0 Å². The average molecular weight is 635 g/mol. The van der Waals surface area contributed by atoms with Crippen LogP contribution in [0.25, 0.3) is 11.3 Å². The van der Waals surface area contributed by atoms with Crippen LogP contribution in [0, 0.1) is 5.82 Å². The van der Waals surface area contributed by atoms with E-state index in [0.29, 0.717) is 22.6 Å². The van der Waals surface area contributed by atoms with Gasteiger partial charge in [-0.05, 0) is 53.6 Å². The zero-order valence-corrected chi connectivity index (χ0v) is 24.9. The second-order valence-electron chi connectivity index (χ2n) is 9.40. The Morgan fingerprint density at radius 1 is 0.867 bits per heavy atom. The number of hydrogen-bond acceptors (Lipinski definition) is 11.